The van der Waals surface area contributed by atoms with Crippen molar-refractivity contribution in [1.29, 1.82) is 0 Å². The SMILES string of the molecule is CCC(CC)C(=O)NCCN(c1cccc(Br)c1)S(C)(=O)=O. The van der Waals surface area contributed by atoms with Gasteiger partial charge in [-0.25, -0.2) is 8.42 Å². The van der Waals surface area contributed by atoms with Crippen LogP contribution in [-0.4, -0.2) is 33.7 Å². The molecule has 0 saturated carbocycles. The van der Waals surface area contributed by atoms with Crippen LogP contribution >= 0.6 is 15.9 Å². The molecule has 1 N–H and O–H groups in total. The van der Waals surface area contributed by atoms with Gasteiger partial charge in [-0.15, -0.1) is 0 Å². The van der Waals surface area contributed by atoms with Gasteiger partial charge in [-0.1, -0.05) is 35.8 Å². The third-order valence-electron chi connectivity index (χ3n) is 3.47. The predicted octanol–water partition coefficient (Wildman–Crippen LogP) is 2.77. The second-order valence-electron chi connectivity index (χ2n) is 5.12. The molecule has 7 heteroatoms. The fraction of sp³-hybridized carbons (Fsp3) is 0.533. The summed E-state index contributed by atoms with van der Waals surface area (Å²) in [6, 6.07) is 7.08. The first kappa shape index (κ1) is 19.0. The molecule has 1 rings (SSSR count). The van der Waals surface area contributed by atoms with Gasteiger partial charge >= 0.3 is 0 Å². The normalized spacial score (nSPS) is 11.5. The van der Waals surface area contributed by atoms with E-state index in [-0.39, 0.29) is 24.9 Å². The van der Waals surface area contributed by atoms with E-state index in [0.29, 0.717) is 5.69 Å². The Kier molecular flexibility index (Phi) is 7.35. The zero-order chi connectivity index (χ0) is 16.8. The van der Waals surface area contributed by atoms with Crippen molar-refractivity contribution in [3.8, 4) is 0 Å². The van der Waals surface area contributed by atoms with Crippen LogP contribution in [0, 0.1) is 5.92 Å². The van der Waals surface area contributed by atoms with Crippen LogP contribution in [0.5, 0.6) is 0 Å². The lowest BCUT2D eigenvalue weighted by Crippen LogP contribution is -2.39. The average Bonchev–Trinajstić information content (AvgIpc) is 2.43. The molecule has 22 heavy (non-hydrogen) atoms. The molecule has 1 aromatic carbocycles. The molecule has 0 unspecified atom stereocenters. The van der Waals surface area contributed by atoms with E-state index in [2.05, 4.69) is 21.2 Å². The first-order valence-electron chi connectivity index (χ1n) is 7.30. The number of hydrogen-bond donors (Lipinski definition) is 1. The van der Waals surface area contributed by atoms with Crippen LogP contribution in [0.25, 0.3) is 0 Å². The van der Waals surface area contributed by atoms with E-state index in [0.717, 1.165) is 23.6 Å². The summed E-state index contributed by atoms with van der Waals surface area (Å²) in [4.78, 5) is 11.9. The lowest BCUT2D eigenvalue weighted by molar-refractivity contribution is -0.125. The van der Waals surface area contributed by atoms with Crippen LogP contribution in [0.1, 0.15) is 26.7 Å². The molecule has 124 valence electrons. The van der Waals surface area contributed by atoms with E-state index in [4.69, 9.17) is 0 Å². The molecule has 0 fully saturated rings. The highest BCUT2D eigenvalue weighted by atomic mass is 79.9. The number of sulfonamides is 1. The van der Waals surface area contributed by atoms with Crippen LogP contribution in [0.15, 0.2) is 28.7 Å². The maximum atomic E-state index is 12.0. The molecule has 0 aliphatic rings. The summed E-state index contributed by atoms with van der Waals surface area (Å²) in [7, 11) is -3.40. The predicted molar refractivity (Wildman–Crippen MR) is 93.4 cm³/mol. The maximum Gasteiger partial charge on any atom is 0.232 e. The smallest absolute Gasteiger partial charge is 0.232 e. The van der Waals surface area contributed by atoms with Crippen molar-refractivity contribution in [3.05, 3.63) is 28.7 Å². The van der Waals surface area contributed by atoms with Crippen molar-refractivity contribution in [1.82, 2.24) is 5.32 Å². The van der Waals surface area contributed by atoms with Crippen LogP contribution in [0.4, 0.5) is 5.69 Å². The molecular weight excluding hydrogens is 368 g/mol. The number of hydrogen-bond acceptors (Lipinski definition) is 3. The first-order chi connectivity index (χ1) is 10.3. The Morgan fingerprint density at radius 1 is 1.32 bits per heavy atom. The zero-order valence-electron chi connectivity index (χ0n) is 13.2. The molecule has 0 bridgehead atoms. The summed E-state index contributed by atoms with van der Waals surface area (Å²) in [6.07, 6.45) is 2.73. The topological polar surface area (TPSA) is 66.5 Å². The molecule has 0 aliphatic heterocycles. The average molecular weight is 391 g/mol. The van der Waals surface area contributed by atoms with Crippen molar-refractivity contribution in [3.63, 3.8) is 0 Å². The van der Waals surface area contributed by atoms with Crippen molar-refractivity contribution in [2.75, 3.05) is 23.7 Å². The monoisotopic (exact) mass is 390 g/mol. The van der Waals surface area contributed by atoms with Gasteiger partial charge in [-0.3, -0.25) is 9.10 Å². The van der Waals surface area contributed by atoms with Gasteiger partial charge in [0.1, 0.15) is 0 Å². The Balaban J connectivity index is 2.75. The van der Waals surface area contributed by atoms with Crippen molar-refractivity contribution in [2.45, 2.75) is 26.7 Å². The minimum Gasteiger partial charge on any atom is -0.354 e. The molecule has 0 saturated heterocycles. The van der Waals surface area contributed by atoms with Gasteiger partial charge in [0.15, 0.2) is 0 Å². The third-order valence-corrected chi connectivity index (χ3v) is 5.15. The largest absolute Gasteiger partial charge is 0.354 e. The van der Waals surface area contributed by atoms with E-state index in [9.17, 15) is 13.2 Å². The Labute approximate surface area is 141 Å². The minimum atomic E-state index is -3.40. The quantitative estimate of drug-likeness (QED) is 0.741. The second-order valence-corrected chi connectivity index (χ2v) is 7.94. The zero-order valence-corrected chi connectivity index (χ0v) is 15.6. The Hall–Kier alpha value is -1.08. The van der Waals surface area contributed by atoms with E-state index in [1.807, 2.05) is 19.9 Å². The van der Waals surface area contributed by atoms with Crippen molar-refractivity contribution < 1.29 is 13.2 Å². The number of carbonyl (C=O) groups excluding carboxylic acids is 1. The van der Waals surface area contributed by atoms with Crippen LogP contribution in [-0.2, 0) is 14.8 Å². The summed E-state index contributed by atoms with van der Waals surface area (Å²) < 4.78 is 26.0. The molecule has 0 radical (unpaired) electrons. The first-order valence-corrected chi connectivity index (χ1v) is 9.94. The summed E-state index contributed by atoms with van der Waals surface area (Å²) in [6.45, 7) is 4.44. The molecule has 1 aromatic rings. The minimum absolute atomic E-state index is 0.0162. The van der Waals surface area contributed by atoms with Gasteiger partial charge in [-0.2, -0.15) is 0 Å². The fourth-order valence-electron chi connectivity index (χ4n) is 2.20. The lowest BCUT2D eigenvalue weighted by Gasteiger charge is -2.23. The van der Waals surface area contributed by atoms with E-state index >= 15 is 0 Å². The molecule has 1 amide bonds. The fourth-order valence-corrected chi connectivity index (χ4v) is 3.51. The number of rotatable bonds is 8. The number of nitrogens with zero attached hydrogens (tertiary/aromatic N) is 1. The Bertz CT molecular complexity index is 601. The molecular formula is C15H23BrN2O3S. The Morgan fingerprint density at radius 2 is 1.95 bits per heavy atom. The van der Waals surface area contributed by atoms with Crippen molar-refractivity contribution in [2.24, 2.45) is 5.92 Å². The van der Waals surface area contributed by atoms with Gasteiger partial charge in [0.05, 0.1) is 18.5 Å². The standard InChI is InChI=1S/C15H23BrN2O3S/c1-4-12(5-2)15(19)17-9-10-18(22(3,20)21)14-8-6-7-13(16)11-14/h6-8,11-12H,4-5,9-10H2,1-3H3,(H,17,19). The number of nitrogens with one attached hydrogen (secondary N) is 1. The van der Waals surface area contributed by atoms with E-state index < -0.39 is 10.0 Å². The highest BCUT2D eigenvalue weighted by Crippen LogP contribution is 2.21. The second kappa shape index (κ2) is 8.53. The summed E-state index contributed by atoms with van der Waals surface area (Å²) in [5, 5.41) is 2.81. The van der Waals surface area contributed by atoms with Gasteiger partial charge in [0, 0.05) is 16.9 Å². The number of amides is 1. The number of halogens is 1. The Morgan fingerprint density at radius 3 is 2.45 bits per heavy atom. The number of anilines is 1. The molecule has 5 nitrogen and oxygen atoms in total. The van der Waals surface area contributed by atoms with E-state index in [1.165, 1.54) is 4.31 Å². The van der Waals surface area contributed by atoms with Gasteiger partial charge in [0.25, 0.3) is 0 Å². The molecule has 0 aromatic heterocycles. The van der Waals surface area contributed by atoms with Crippen molar-refractivity contribution >= 4 is 37.5 Å². The summed E-state index contributed by atoms with van der Waals surface area (Å²) in [5.41, 5.74) is 0.577. The maximum absolute atomic E-state index is 12.0. The van der Waals surface area contributed by atoms with Gasteiger partial charge < -0.3 is 5.32 Å². The molecule has 0 heterocycles. The van der Waals surface area contributed by atoms with E-state index in [1.54, 1.807) is 18.2 Å². The summed E-state index contributed by atoms with van der Waals surface area (Å²) >= 11 is 3.34. The number of carbonyl (C=O) groups is 1. The summed E-state index contributed by atoms with van der Waals surface area (Å²) in [5.74, 6) is -0.0368. The highest BCUT2D eigenvalue weighted by molar-refractivity contribution is 9.10. The molecule has 0 atom stereocenters. The lowest BCUT2D eigenvalue weighted by atomic mass is 10.0. The highest BCUT2D eigenvalue weighted by Gasteiger charge is 2.19. The number of benzene rings is 1. The third kappa shape index (κ3) is 5.61. The molecule has 0 spiro atoms. The van der Waals surface area contributed by atoms with Crippen LogP contribution < -0.4 is 9.62 Å². The van der Waals surface area contributed by atoms with Gasteiger partial charge in [0.2, 0.25) is 15.9 Å². The van der Waals surface area contributed by atoms with Crippen LogP contribution in [0.3, 0.4) is 0 Å². The van der Waals surface area contributed by atoms with Crippen LogP contribution in [0.2, 0.25) is 0 Å². The van der Waals surface area contributed by atoms with Gasteiger partial charge in [-0.05, 0) is 31.0 Å². The molecule has 0 aliphatic carbocycles.